The SMILES string of the molecule is C=CCN1CC[C@]23C[C@H](N(C)C(=O)C#Cc4ccc(C)c(C)c4)CC[C@]2(O)[C@H]1Cc1ccc(O)cc13. The molecular weight excluding hydrogens is 448 g/mol. The number of amides is 1. The van der Waals surface area contributed by atoms with Crippen molar-refractivity contribution >= 4 is 5.91 Å². The molecule has 5 nitrogen and oxygen atoms in total. The van der Waals surface area contributed by atoms with Gasteiger partial charge in [-0.2, -0.15) is 0 Å². The number of phenols is 1. The highest BCUT2D eigenvalue weighted by atomic mass is 16.3. The van der Waals surface area contributed by atoms with E-state index in [0.29, 0.717) is 12.8 Å². The molecule has 5 rings (SSSR count). The third-order valence-electron chi connectivity index (χ3n) is 9.16. The summed E-state index contributed by atoms with van der Waals surface area (Å²) in [6, 6.07) is 11.5. The van der Waals surface area contributed by atoms with Crippen LogP contribution in [0.2, 0.25) is 0 Å². The van der Waals surface area contributed by atoms with E-state index < -0.39 is 11.0 Å². The highest BCUT2D eigenvalue weighted by Gasteiger charge is 2.64. The van der Waals surface area contributed by atoms with Crippen LogP contribution >= 0.6 is 0 Å². The molecule has 2 aliphatic carbocycles. The monoisotopic (exact) mass is 484 g/mol. The number of aromatic hydroxyl groups is 1. The first-order valence-corrected chi connectivity index (χ1v) is 12.9. The lowest BCUT2D eigenvalue weighted by Crippen LogP contribution is -2.74. The molecule has 2 bridgehead atoms. The second-order valence-electron chi connectivity index (χ2n) is 11.0. The summed E-state index contributed by atoms with van der Waals surface area (Å²) < 4.78 is 0. The van der Waals surface area contributed by atoms with Crippen LogP contribution in [0.25, 0.3) is 0 Å². The Morgan fingerprint density at radius 1 is 1.22 bits per heavy atom. The third-order valence-corrected chi connectivity index (χ3v) is 9.16. The van der Waals surface area contributed by atoms with Gasteiger partial charge < -0.3 is 15.1 Å². The lowest BCUT2D eigenvalue weighted by molar-refractivity contribution is -0.175. The predicted octanol–water partition coefficient (Wildman–Crippen LogP) is 3.86. The molecule has 0 spiro atoms. The summed E-state index contributed by atoms with van der Waals surface area (Å²) in [7, 11) is 1.83. The number of carbonyl (C=O) groups excluding carboxylic acids is 1. The summed E-state index contributed by atoms with van der Waals surface area (Å²) in [6.45, 7) is 9.63. The fourth-order valence-electron chi connectivity index (χ4n) is 6.99. The molecule has 2 fully saturated rings. The average Bonchev–Trinajstić information content (AvgIpc) is 2.86. The number of fused-ring (bicyclic) bond motifs is 1. The summed E-state index contributed by atoms with van der Waals surface area (Å²) in [5.74, 6) is 5.91. The van der Waals surface area contributed by atoms with Gasteiger partial charge in [-0.1, -0.05) is 24.1 Å². The van der Waals surface area contributed by atoms with Crippen LogP contribution in [-0.2, 0) is 16.6 Å². The van der Waals surface area contributed by atoms with Crippen molar-refractivity contribution < 1.29 is 15.0 Å². The Bertz CT molecular complexity index is 1270. The second kappa shape index (κ2) is 9.10. The normalized spacial score (nSPS) is 28.8. The first kappa shape index (κ1) is 24.6. The van der Waals surface area contributed by atoms with Gasteiger partial charge in [0, 0.05) is 42.6 Å². The number of hydrogen-bond acceptors (Lipinski definition) is 4. The Kier molecular flexibility index (Phi) is 6.22. The molecule has 5 heteroatoms. The van der Waals surface area contributed by atoms with E-state index in [9.17, 15) is 15.0 Å². The zero-order valence-corrected chi connectivity index (χ0v) is 21.6. The fraction of sp³-hybridized carbons (Fsp3) is 0.452. The number of rotatable bonds is 3. The van der Waals surface area contributed by atoms with Gasteiger partial charge in [-0.25, -0.2) is 0 Å². The van der Waals surface area contributed by atoms with Crippen molar-refractivity contribution in [1.82, 2.24) is 9.80 Å². The average molecular weight is 485 g/mol. The third kappa shape index (κ3) is 3.84. The summed E-state index contributed by atoms with van der Waals surface area (Å²) in [5.41, 5.74) is 4.00. The molecule has 2 aromatic rings. The van der Waals surface area contributed by atoms with Crippen molar-refractivity contribution in [3.63, 3.8) is 0 Å². The Hall–Kier alpha value is -3.07. The Morgan fingerprint density at radius 2 is 2.03 bits per heavy atom. The summed E-state index contributed by atoms with van der Waals surface area (Å²) >= 11 is 0. The van der Waals surface area contributed by atoms with E-state index in [1.54, 1.807) is 11.0 Å². The van der Waals surface area contributed by atoms with Crippen LogP contribution in [0.4, 0.5) is 0 Å². The van der Waals surface area contributed by atoms with Crippen molar-refractivity contribution in [3.05, 3.63) is 76.9 Å². The Labute approximate surface area is 214 Å². The largest absolute Gasteiger partial charge is 0.508 e. The van der Waals surface area contributed by atoms with Gasteiger partial charge in [-0.05, 0) is 99.0 Å². The molecule has 4 atom stereocenters. The van der Waals surface area contributed by atoms with Crippen LogP contribution in [0.1, 0.15) is 53.5 Å². The molecule has 1 amide bonds. The van der Waals surface area contributed by atoms with Crippen molar-refractivity contribution in [2.45, 2.75) is 69.1 Å². The summed E-state index contributed by atoms with van der Waals surface area (Å²) in [6.07, 6.45) is 5.42. The summed E-state index contributed by atoms with van der Waals surface area (Å²) in [5, 5.41) is 22.7. The molecule has 2 N–H and O–H groups in total. The van der Waals surface area contributed by atoms with Gasteiger partial charge in [0.05, 0.1) is 5.60 Å². The molecule has 0 radical (unpaired) electrons. The van der Waals surface area contributed by atoms with Crippen LogP contribution in [0.5, 0.6) is 5.75 Å². The minimum Gasteiger partial charge on any atom is -0.508 e. The molecule has 1 saturated heterocycles. The van der Waals surface area contributed by atoms with Crippen LogP contribution < -0.4 is 0 Å². The summed E-state index contributed by atoms with van der Waals surface area (Å²) in [4.78, 5) is 17.3. The van der Waals surface area contributed by atoms with Crippen molar-refractivity contribution in [3.8, 4) is 17.6 Å². The minimum atomic E-state index is -0.916. The van der Waals surface area contributed by atoms with Crippen LogP contribution in [0.15, 0.2) is 49.1 Å². The van der Waals surface area contributed by atoms with Gasteiger partial charge >= 0.3 is 0 Å². The second-order valence-corrected chi connectivity index (χ2v) is 11.0. The lowest BCUT2D eigenvalue weighted by Gasteiger charge is -2.65. The van der Waals surface area contributed by atoms with Crippen LogP contribution in [-0.4, -0.2) is 63.7 Å². The first-order chi connectivity index (χ1) is 17.2. The van der Waals surface area contributed by atoms with Crippen molar-refractivity contribution in [2.24, 2.45) is 0 Å². The maximum Gasteiger partial charge on any atom is 0.298 e. The smallest absolute Gasteiger partial charge is 0.298 e. The Balaban J connectivity index is 1.46. The van der Waals surface area contributed by atoms with Crippen molar-refractivity contribution in [1.29, 1.82) is 0 Å². The van der Waals surface area contributed by atoms with E-state index in [0.717, 1.165) is 49.0 Å². The van der Waals surface area contributed by atoms with E-state index in [1.165, 1.54) is 11.1 Å². The van der Waals surface area contributed by atoms with Crippen LogP contribution in [0, 0.1) is 25.7 Å². The quantitative estimate of drug-likeness (QED) is 0.513. The highest BCUT2D eigenvalue weighted by Crippen LogP contribution is 2.59. The topological polar surface area (TPSA) is 64.0 Å². The molecule has 0 unspecified atom stereocenters. The zero-order chi connectivity index (χ0) is 25.7. The fourth-order valence-corrected chi connectivity index (χ4v) is 6.99. The van der Waals surface area contributed by atoms with E-state index in [2.05, 4.69) is 30.2 Å². The molecule has 188 valence electrons. The first-order valence-electron chi connectivity index (χ1n) is 12.9. The van der Waals surface area contributed by atoms with E-state index in [4.69, 9.17) is 0 Å². The van der Waals surface area contributed by atoms with E-state index in [-0.39, 0.29) is 23.7 Å². The zero-order valence-electron chi connectivity index (χ0n) is 21.6. The van der Waals surface area contributed by atoms with Crippen molar-refractivity contribution in [2.75, 3.05) is 20.1 Å². The maximum atomic E-state index is 13.1. The number of phenolic OH excluding ortho intramolecular Hbond substituents is 1. The molecule has 1 saturated carbocycles. The molecule has 36 heavy (non-hydrogen) atoms. The number of aryl methyl sites for hydroxylation is 2. The van der Waals surface area contributed by atoms with E-state index in [1.807, 2.05) is 50.4 Å². The number of nitrogens with zero attached hydrogens (tertiary/aromatic N) is 2. The predicted molar refractivity (Wildman–Crippen MR) is 142 cm³/mol. The molecule has 3 aliphatic rings. The number of carbonyl (C=O) groups is 1. The minimum absolute atomic E-state index is 0.00665. The molecule has 1 heterocycles. The van der Waals surface area contributed by atoms with Crippen LogP contribution in [0.3, 0.4) is 0 Å². The molecule has 0 aromatic heterocycles. The molecule has 2 aromatic carbocycles. The molecule has 1 aliphatic heterocycles. The highest BCUT2D eigenvalue weighted by molar-refractivity contribution is 5.94. The number of piperidine rings is 1. The van der Waals surface area contributed by atoms with Gasteiger partial charge in [0.2, 0.25) is 0 Å². The maximum absolute atomic E-state index is 13.1. The van der Waals surface area contributed by atoms with Gasteiger partial charge in [0.1, 0.15) is 5.75 Å². The lowest BCUT2D eigenvalue weighted by atomic mass is 9.48. The van der Waals surface area contributed by atoms with E-state index >= 15 is 0 Å². The number of hydrogen-bond donors (Lipinski definition) is 2. The number of likely N-dealkylation sites (tertiary alicyclic amines) is 1. The van der Waals surface area contributed by atoms with Gasteiger partial charge in [0.15, 0.2) is 0 Å². The van der Waals surface area contributed by atoms with Gasteiger partial charge in [-0.3, -0.25) is 9.69 Å². The Morgan fingerprint density at radius 3 is 2.78 bits per heavy atom. The standard InChI is InChI=1S/C31H36N2O3/c1-5-15-33-16-14-30-20-25(32(4)29(35)11-8-23-7-6-21(2)22(3)17-23)12-13-31(30,36)28(33)18-24-9-10-26(34)19-27(24)30/h5-7,9-10,17,19,25,28,34,36H,1,12-16,18,20H2,2-4H3/t25-,28-,30-,31+/m1/s1. The van der Waals surface area contributed by atoms with Gasteiger partial charge in [-0.15, -0.1) is 6.58 Å². The number of benzene rings is 2. The number of aliphatic hydroxyl groups is 1. The van der Waals surface area contributed by atoms with Gasteiger partial charge in [0.25, 0.3) is 5.91 Å². The molecular formula is C31H36N2O3.